The summed E-state index contributed by atoms with van der Waals surface area (Å²) in [5.41, 5.74) is 8.21. The second kappa shape index (κ2) is 25.0. The SMILES string of the molecule is C=CC.CC.CC/C=C\C(/C=C(CCCC)\C(=C\c1c(Op2oc3ccc4ccccc4c3c3c(ccc4ccccc43)o2)ccc(C)c1C)OP(c1ccccc1)c1ccccc1)=C(C)C. The lowest BCUT2D eigenvalue weighted by molar-refractivity contribution is 0.489. The summed E-state index contributed by atoms with van der Waals surface area (Å²) >= 11 is 0. The van der Waals surface area contributed by atoms with Crippen molar-refractivity contribution in [2.75, 3.05) is 0 Å². The molecule has 344 valence electrons. The van der Waals surface area contributed by atoms with Crippen molar-refractivity contribution in [3.63, 3.8) is 0 Å². The van der Waals surface area contributed by atoms with Crippen molar-refractivity contribution < 1.29 is 17.4 Å². The molecule has 8 aromatic rings. The summed E-state index contributed by atoms with van der Waals surface area (Å²) < 4.78 is 28.3. The molecule has 4 nitrogen and oxygen atoms in total. The van der Waals surface area contributed by atoms with Crippen LogP contribution in [0.3, 0.4) is 0 Å². The molecule has 0 bridgehead atoms. The third-order valence-corrected chi connectivity index (χ3v) is 14.2. The molecule has 0 spiro atoms. The van der Waals surface area contributed by atoms with Crippen molar-refractivity contribution in [1.29, 1.82) is 0 Å². The zero-order valence-electron chi connectivity index (χ0n) is 40.8. The summed E-state index contributed by atoms with van der Waals surface area (Å²) in [6.07, 6.45) is 14.6. The van der Waals surface area contributed by atoms with E-state index in [0.717, 1.165) is 108 Å². The maximum Gasteiger partial charge on any atom is 0.453 e. The minimum absolute atomic E-state index is 0.666. The van der Waals surface area contributed by atoms with E-state index in [9.17, 15) is 0 Å². The van der Waals surface area contributed by atoms with E-state index in [-0.39, 0.29) is 0 Å². The first-order valence-corrected chi connectivity index (χ1v) is 26.0. The Kier molecular flexibility index (Phi) is 18.7. The molecule has 1 aromatic heterocycles. The first kappa shape index (κ1) is 50.1. The summed E-state index contributed by atoms with van der Waals surface area (Å²) in [6.45, 7) is 22.3. The number of fused-ring (bicyclic) bond motifs is 7. The van der Waals surface area contributed by atoms with Crippen LogP contribution in [0.5, 0.6) is 5.75 Å². The number of rotatable bonds is 14. The maximum atomic E-state index is 7.50. The highest BCUT2D eigenvalue weighted by Gasteiger charge is 2.23. The lowest BCUT2D eigenvalue weighted by Crippen LogP contribution is -2.14. The predicted octanol–water partition coefficient (Wildman–Crippen LogP) is 19.1. The lowest BCUT2D eigenvalue weighted by Gasteiger charge is -2.24. The van der Waals surface area contributed by atoms with E-state index in [1.54, 1.807) is 6.08 Å². The van der Waals surface area contributed by atoms with Gasteiger partial charge >= 0.3 is 8.24 Å². The second-order valence-electron chi connectivity index (χ2n) is 16.2. The molecule has 67 heavy (non-hydrogen) atoms. The minimum atomic E-state index is -1.96. The van der Waals surface area contributed by atoms with Gasteiger partial charge in [0.1, 0.15) is 22.7 Å². The fourth-order valence-corrected chi connectivity index (χ4v) is 10.6. The largest absolute Gasteiger partial charge is 0.464 e. The normalized spacial score (nSPS) is 11.6. The highest BCUT2D eigenvalue weighted by Crippen LogP contribution is 2.46. The first-order valence-electron chi connectivity index (χ1n) is 23.6. The van der Waals surface area contributed by atoms with Crippen molar-refractivity contribution >= 4 is 76.6 Å². The van der Waals surface area contributed by atoms with Crippen LogP contribution >= 0.6 is 16.4 Å². The van der Waals surface area contributed by atoms with E-state index in [1.165, 1.54) is 11.1 Å². The van der Waals surface area contributed by atoms with E-state index < -0.39 is 16.4 Å². The summed E-state index contributed by atoms with van der Waals surface area (Å²) in [5.74, 6) is 1.49. The Morgan fingerprint density at radius 1 is 0.687 bits per heavy atom. The molecule has 0 saturated carbocycles. The fraction of sp³-hybridized carbons (Fsp3) is 0.213. The molecule has 7 aromatic carbocycles. The van der Waals surface area contributed by atoms with Gasteiger partial charge in [0.05, 0.1) is 0 Å². The van der Waals surface area contributed by atoms with Crippen LogP contribution in [0.25, 0.3) is 49.6 Å². The van der Waals surface area contributed by atoms with Crippen LogP contribution < -0.4 is 15.1 Å². The average Bonchev–Trinajstić information content (AvgIpc) is 3.52. The Bertz CT molecular complexity index is 2940. The molecule has 0 N–H and O–H groups in total. The fourth-order valence-electron chi connectivity index (χ4n) is 7.75. The van der Waals surface area contributed by atoms with Gasteiger partial charge in [-0.3, -0.25) is 0 Å². The number of benzene rings is 7. The lowest BCUT2D eigenvalue weighted by atomic mass is 9.97. The highest BCUT2D eigenvalue weighted by molar-refractivity contribution is 7.68. The maximum absolute atomic E-state index is 7.50. The molecule has 0 fully saturated rings. The van der Waals surface area contributed by atoms with Gasteiger partial charge in [-0.05, 0) is 128 Å². The number of hydrogen-bond donors (Lipinski definition) is 0. The number of aryl methyl sites for hydroxylation is 1. The second-order valence-corrected chi connectivity index (χ2v) is 19.0. The Hall–Kier alpha value is -6.31. The van der Waals surface area contributed by atoms with Gasteiger partial charge < -0.3 is 17.4 Å². The molecule has 1 heterocycles. The van der Waals surface area contributed by atoms with Crippen LogP contribution in [0.4, 0.5) is 0 Å². The number of allylic oxidation sites excluding steroid dienone is 7. The highest BCUT2D eigenvalue weighted by atomic mass is 31.1. The monoisotopic (exact) mass is 924 g/mol. The molecular formula is C61H66O4P2. The Balaban J connectivity index is 0.00000142. The summed E-state index contributed by atoms with van der Waals surface area (Å²) in [6, 6.07) is 50.6. The summed E-state index contributed by atoms with van der Waals surface area (Å²) in [4.78, 5) is 0. The quantitative estimate of drug-likeness (QED) is 0.0472. The standard InChI is InChI=1S/C56H54O4P2.C3H6.C2H6/c1-7-9-21-44(39(3)4)37-45(22-10-8-2)54(57-61(46-25-13-11-14-26-46)47-27-15-12-16-28-47)38-50-41(6)40(5)31-34-51(50)58-62-59-52-35-32-42-23-17-19-29-48(42)55(52)56-49-30-20-18-24-43(49)33-36-53(56)60-62;1-3-2;1-2/h9,11-21,23-38H,7-8,10,22H2,1-6H3;3H,1H2,2H3;1-2H3/b21-9-,45-37-,54-38-;;. The van der Waals surface area contributed by atoms with Gasteiger partial charge in [-0.15, -0.1) is 6.58 Å². The third kappa shape index (κ3) is 12.4. The van der Waals surface area contributed by atoms with Gasteiger partial charge in [-0.1, -0.05) is 185 Å². The molecule has 0 unspecified atom stereocenters. The third-order valence-electron chi connectivity index (χ3n) is 11.3. The van der Waals surface area contributed by atoms with E-state index in [2.05, 4.69) is 212 Å². The Labute approximate surface area is 401 Å². The predicted molar refractivity (Wildman–Crippen MR) is 294 cm³/mol. The van der Waals surface area contributed by atoms with Crippen LogP contribution in [-0.2, 0) is 4.52 Å². The number of hydrogen-bond acceptors (Lipinski definition) is 4. The summed E-state index contributed by atoms with van der Waals surface area (Å²) in [5, 5.41) is 8.76. The van der Waals surface area contributed by atoms with E-state index in [1.807, 2.05) is 26.8 Å². The molecule has 0 atom stereocenters. The van der Waals surface area contributed by atoms with Crippen LogP contribution in [0.15, 0.2) is 207 Å². The van der Waals surface area contributed by atoms with Crippen LogP contribution in [-0.4, -0.2) is 0 Å². The van der Waals surface area contributed by atoms with Gasteiger partial charge in [0.15, 0.2) is 8.15 Å². The van der Waals surface area contributed by atoms with Crippen molar-refractivity contribution in [3.8, 4) is 5.75 Å². The summed E-state index contributed by atoms with van der Waals surface area (Å²) in [7, 11) is -3.21. The van der Waals surface area contributed by atoms with Gasteiger partial charge in [-0.25, -0.2) is 0 Å². The molecule has 8 rings (SSSR count). The van der Waals surface area contributed by atoms with Gasteiger partial charge in [0.2, 0.25) is 0 Å². The molecule has 6 heteroatoms. The zero-order valence-corrected chi connectivity index (χ0v) is 42.6. The Morgan fingerprint density at radius 3 is 1.72 bits per heavy atom. The van der Waals surface area contributed by atoms with E-state index >= 15 is 0 Å². The molecule has 0 aliphatic heterocycles. The van der Waals surface area contributed by atoms with Crippen molar-refractivity contribution in [1.82, 2.24) is 0 Å². The van der Waals surface area contributed by atoms with Gasteiger partial charge in [-0.2, -0.15) is 0 Å². The Morgan fingerprint density at radius 2 is 1.21 bits per heavy atom. The van der Waals surface area contributed by atoms with Crippen molar-refractivity contribution in [2.24, 2.45) is 0 Å². The first-order chi connectivity index (χ1) is 32.7. The smallest absolute Gasteiger partial charge is 0.453 e. The van der Waals surface area contributed by atoms with Gasteiger partial charge in [0.25, 0.3) is 0 Å². The number of unbranched alkanes of at least 4 members (excludes halogenated alkanes) is 1. The van der Waals surface area contributed by atoms with E-state index in [0.29, 0.717) is 5.75 Å². The molecule has 0 amide bonds. The van der Waals surface area contributed by atoms with Crippen LogP contribution in [0.2, 0.25) is 0 Å². The zero-order chi connectivity index (χ0) is 47.7. The molecule has 0 aliphatic rings. The molecule has 0 saturated heterocycles. The molecular weight excluding hydrogens is 859 g/mol. The van der Waals surface area contributed by atoms with Crippen LogP contribution in [0.1, 0.15) is 90.8 Å². The van der Waals surface area contributed by atoms with Crippen LogP contribution in [0, 0.1) is 13.8 Å². The molecule has 0 aliphatic carbocycles. The topological polar surface area (TPSA) is 44.7 Å². The van der Waals surface area contributed by atoms with Crippen molar-refractivity contribution in [2.45, 2.75) is 88.0 Å². The average molecular weight is 925 g/mol. The minimum Gasteiger partial charge on any atom is -0.464 e. The van der Waals surface area contributed by atoms with Gasteiger partial charge in [0, 0.05) is 26.9 Å². The van der Waals surface area contributed by atoms with Crippen molar-refractivity contribution in [3.05, 3.63) is 216 Å². The van der Waals surface area contributed by atoms with E-state index in [4.69, 9.17) is 17.4 Å². The molecule has 0 radical (unpaired) electrons.